The third-order valence-corrected chi connectivity index (χ3v) is 4.15. The summed E-state index contributed by atoms with van der Waals surface area (Å²) >= 11 is 0. The lowest BCUT2D eigenvalue weighted by atomic mass is 9.97. The van der Waals surface area contributed by atoms with E-state index in [9.17, 15) is 14.4 Å². The minimum Gasteiger partial charge on any atom is -0.468 e. The first-order valence-electron chi connectivity index (χ1n) is 6.80. The van der Waals surface area contributed by atoms with E-state index in [1.165, 1.54) is 14.2 Å². The lowest BCUT2D eigenvalue weighted by molar-refractivity contribution is -0.162. The zero-order valence-electron chi connectivity index (χ0n) is 12.1. The van der Waals surface area contributed by atoms with Gasteiger partial charge in [-0.3, -0.25) is 14.4 Å². The van der Waals surface area contributed by atoms with Crippen LogP contribution in [0, 0.1) is 11.3 Å². The van der Waals surface area contributed by atoms with Crippen LogP contribution in [0.15, 0.2) is 24.3 Å². The average molecular weight is 290 g/mol. The molecule has 1 aromatic carbocycles. The number of carbonyl (C=O) groups excluding carboxylic acids is 3. The Morgan fingerprint density at radius 3 is 2.43 bits per heavy atom. The summed E-state index contributed by atoms with van der Waals surface area (Å²) in [4.78, 5) is 34.7. The van der Waals surface area contributed by atoms with Gasteiger partial charge in [-0.15, -0.1) is 0 Å². The number of ether oxygens (including phenoxy) is 2. The van der Waals surface area contributed by atoms with E-state index in [4.69, 9.17) is 9.47 Å². The Balaban J connectivity index is 2.06. The molecule has 1 fully saturated rings. The van der Waals surface area contributed by atoms with Crippen LogP contribution in [0.4, 0.5) is 0 Å². The number of aldehydes is 1. The molecule has 1 unspecified atom stereocenters. The summed E-state index contributed by atoms with van der Waals surface area (Å²) in [7, 11) is 2.54. The van der Waals surface area contributed by atoms with E-state index >= 15 is 0 Å². The van der Waals surface area contributed by atoms with Crippen LogP contribution < -0.4 is 0 Å². The van der Waals surface area contributed by atoms with Gasteiger partial charge < -0.3 is 9.47 Å². The van der Waals surface area contributed by atoms with Crippen molar-refractivity contribution in [3.63, 3.8) is 0 Å². The van der Waals surface area contributed by atoms with Crippen LogP contribution in [0.2, 0.25) is 0 Å². The SMILES string of the molecule is COC(=O)C1(C(=O)OC)CC1CCc1ccccc1C=O. The largest absolute Gasteiger partial charge is 0.468 e. The molecule has 0 amide bonds. The molecule has 1 aliphatic carbocycles. The lowest BCUT2D eigenvalue weighted by Gasteiger charge is -2.12. The Labute approximate surface area is 123 Å². The van der Waals surface area contributed by atoms with Gasteiger partial charge in [0.25, 0.3) is 0 Å². The second-order valence-corrected chi connectivity index (χ2v) is 5.21. The van der Waals surface area contributed by atoms with Gasteiger partial charge in [-0.1, -0.05) is 24.3 Å². The maximum absolute atomic E-state index is 11.9. The van der Waals surface area contributed by atoms with Gasteiger partial charge in [-0.05, 0) is 30.7 Å². The predicted octanol–water partition coefficient (Wildman–Crippen LogP) is 1.78. The van der Waals surface area contributed by atoms with Gasteiger partial charge in [0.1, 0.15) is 6.29 Å². The Morgan fingerprint density at radius 1 is 1.24 bits per heavy atom. The lowest BCUT2D eigenvalue weighted by Crippen LogP contribution is -2.30. The fourth-order valence-electron chi connectivity index (χ4n) is 2.83. The summed E-state index contributed by atoms with van der Waals surface area (Å²) in [5.74, 6) is -1.18. The maximum atomic E-state index is 11.9. The summed E-state index contributed by atoms with van der Waals surface area (Å²) in [6.45, 7) is 0. The zero-order chi connectivity index (χ0) is 15.5. The number of esters is 2. The molecule has 0 bridgehead atoms. The molecule has 2 rings (SSSR count). The molecule has 0 spiro atoms. The fourth-order valence-corrected chi connectivity index (χ4v) is 2.83. The molecule has 0 aliphatic heterocycles. The molecule has 0 N–H and O–H groups in total. The fraction of sp³-hybridized carbons (Fsp3) is 0.438. The molecule has 0 aromatic heterocycles. The van der Waals surface area contributed by atoms with Crippen molar-refractivity contribution in [2.45, 2.75) is 19.3 Å². The van der Waals surface area contributed by atoms with E-state index in [0.29, 0.717) is 24.8 Å². The van der Waals surface area contributed by atoms with Gasteiger partial charge in [0, 0.05) is 5.56 Å². The van der Waals surface area contributed by atoms with Crippen molar-refractivity contribution in [1.82, 2.24) is 0 Å². The second-order valence-electron chi connectivity index (χ2n) is 5.21. The van der Waals surface area contributed by atoms with Crippen molar-refractivity contribution in [3.05, 3.63) is 35.4 Å². The molecule has 0 heterocycles. The Bertz CT molecular complexity index is 548. The van der Waals surface area contributed by atoms with Gasteiger partial charge in [-0.25, -0.2) is 0 Å². The van der Waals surface area contributed by atoms with E-state index in [2.05, 4.69) is 0 Å². The minimum atomic E-state index is -1.15. The number of methoxy groups -OCH3 is 2. The molecule has 1 saturated carbocycles. The highest BCUT2D eigenvalue weighted by Crippen LogP contribution is 2.56. The molecule has 21 heavy (non-hydrogen) atoms. The topological polar surface area (TPSA) is 69.7 Å². The second kappa shape index (κ2) is 6.08. The number of hydrogen-bond donors (Lipinski definition) is 0. The number of hydrogen-bond acceptors (Lipinski definition) is 5. The Hall–Kier alpha value is -2.17. The predicted molar refractivity (Wildman–Crippen MR) is 74.7 cm³/mol. The Kier molecular flexibility index (Phi) is 4.40. The molecule has 5 nitrogen and oxygen atoms in total. The van der Waals surface area contributed by atoms with Crippen LogP contribution in [0.25, 0.3) is 0 Å². The van der Waals surface area contributed by atoms with Crippen LogP contribution in [0.3, 0.4) is 0 Å². The summed E-state index contributed by atoms with van der Waals surface area (Å²) in [6, 6.07) is 7.30. The summed E-state index contributed by atoms with van der Waals surface area (Å²) in [5.41, 5.74) is 0.405. The van der Waals surface area contributed by atoms with E-state index in [-0.39, 0.29) is 5.92 Å². The summed E-state index contributed by atoms with van der Waals surface area (Å²) in [5, 5.41) is 0. The highest BCUT2D eigenvalue weighted by atomic mass is 16.5. The van der Waals surface area contributed by atoms with Crippen LogP contribution in [-0.4, -0.2) is 32.4 Å². The van der Waals surface area contributed by atoms with Gasteiger partial charge in [0.15, 0.2) is 5.41 Å². The third kappa shape index (κ3) is 2.68. The standard InChI is InChI=1S/C16H18O5/c1-20-14(18)16(15(19)21-2)9-13(16)8-7-11-5-3-4-6-12(11)10-17/h3-6,10,13H,7-9H2,1-2H3. The molecule has 1 aliphatic rings. The number of aryl methyl sites for hydroxylation is 1. The summed E-state index contributed by atoms with van der Waals surface area (Å²) < 4.78 is 9.46. The molecule has 1 aromatic rings. The monoisotopic (exact) mass is 290 g/mol. The smallest absolute Gasteiger partial charge is 0.323 e. The summed E-state index contributed by atoms with van der Waals surface area (Å²) in [6.07, 6.45) is 2.52. The molecule has 112 valence electrons. The molecule has 5 heteroatoms. The number of rotatable bonds is 6. The quantitative estimate of drug-likeness (QED) is 0.454. The highest BCUT2D eigenvalue weighted by molar-refractivity contribution is 6.03. The van der Waals surface area contributed by atoms with Crippen LogP contribution in [0.5, 0.6) is 0 Å². The normalized spacial score (nSPS) is 18.7. The van der Waals surface area contributed by atoms with Gasteiger partial charge in [-0.2, -0.15) is 0 Å². The van der Waals surface area contributed by atoms with Crippen molar-refractivity contribution in [1.29, 1.82) is 0 Å². The first-order valence-corrected chi connectivity index (χ1v) is 6.80. The molecule has 0 radical (unpaired) electrons. The minimum absolute atomic E-state index is 0.0999. The molecular weight excluding hydrogens is 272 g/mol. The van der Waals surface area contributed by atoms with Gasteiger partial charge >= 0.3 is 11.9 Å². The molecule has 0 saturated heterocycles. The average Bonchev–Trinajstić information content (AvgIpc) is 3.27. The van der Waals surface area contributed by atoms with Crippen molar-refractivity contribution in [2.24, 2.45) is 11.3 Å². The first-order chi connectivity index (χ1) is 10.1. The van der Waals surface area contributed by atoms with Crippen LogP contribution in [-0.2, 0) is 25.5 Å². The molecule has 1 atom stereocenters. The highest BCUT2D eigenvalue weighted by Gasteiger charge is 2.67. The van der Waals surface area contributed by atoms with E-state index in [1.54, 1.807) is 12.1 Å². The van der Waals surface area contributed by atoms with Gasteiger partial charge in [0.05, 0.1) is 14.2 Å². The van der Waals surface area contributed by atoms with E-state index < -0.39 is 17.4 Å². The maximum Gasteiger partial charge on any atom is 0.323 e. The Morgan fingerprint density at radius 2 is 1.86 bits per heavy atom. The number of carbonyl (C=O) groups is 3. The van der Waals surface area contributed by atoms with Gasteiger partial charge in [0.2, 0.25) is 0 Å². The number of benzene rings is 1. The molecular formula is C16H18O5. The van der Waals surface area contributed by atoms with Crippen molar-refractivity contribution >= 4 is 18.2 Å². The third-order valence-electron chi connectivity index (χ3n) is 4.15. The van der Waals surface area contributed by atoms with Crippen LogP contribution in [0.1, 0.15) is 28.8 Å². The van der Waals surface area contributed by atoms with E-state index in [1.807, 2.05) is 12.1 Å². The van der Waals surface area contributed by atoms with Crippen molar-refractivity contribution < 1.29 is 23.9 Å². The van der Waals surface area contributed by atoms with Crippen molar-refractivity contribution in [2.75, 3.05) is 14.2 Å². The van der Waals surface area contributed by atoms with Crippen molar-refractivity contribution in [3.8, 4) is 0 Å². The van der Waals surface area contributed by atoms with Crippen LogP contribution >= 0.6 is 0 Å². The zero-order valence-corrected chi connectivity index (χ0v) is 12.1. The first kappa shape index (κ1) is 15.2. The van der Waals surface area contributed by atoms with E-state index in [0.717, 1.165) is 11.8 Å².